The summed E-state index contributed by atoms with van der Waals surface area (Å²) in [6.07, 6.45) is 0. The first-order chi connectivity index (χ1) is 11.5. The third-order valence-electron chi connectivity index (χ3n) is 3.45. The lowest BCUT2D eigenvalue weighted by Crippen LogP contribution is -2.23. The fraction of sp³-hybridized carbons (Fsp3) is 0.263. The van der Waals surface area contributed by atoms with Crippen LogP contribution < -0.4 is 10.6 Å². The molecule has 2 N–H and O–H groups in total. The van der Waals surface area contributed by atoms with E-state index in [1.54, 1.807) is 24.3 Å². The van der Waals surface area contributed by atoms with Crippen molar-refractivity contribution in [1.82, 2.24) is 5.32 Å². The molecule has 4 nitrogen and oxygen atoms in total. The molecule has 0 unspecified atom stereocenters. The maximum Gasteiger partial charge on any atom is 0.251 e. The van der Waals surface area contributed by atoms with E-state index >= 15 is 0 Å². The van der Waals surface area contributed by atoms with E-state index < -0.39 is 0 Å². The van der Waals surface area contributed by atoms with Crippen molar-refractivity contribution in [3.05, 3.63) is 59.2 Å². The molecule has 0 saturated carbocycles. The number of carbonyl (C=O) groups is 2. The van der Waals surface area contributed by atoms with Gasteiger partial charge in [-0.3, -0.25) is 9.59 Å². The van der Waals surface area contributed by atoms with Crippen LogP contribution in [-0.4, -0.2) is 24.1 Å². The van der Waals surface area contributed by atoms with Gasteiger partial charge in [0.05, 0.1) is 5.75 Å². The van der Waals surface area contributed by atoms with Crippen molar-refractivity contribution < 1.29 is 9.59 Å². The van der Waals surface area contributed by atoms with Crippen molar-refractivity contribution in [2.75, 3.05) is 17.6 Å². The average molecular weight is 342 g/mol. The predicted molar refractivity (Wildman–Crippen MR) is 99.7 cm³/mol. The highest BCUT2D eigenvalue weighted by molar-refractivity contribution is 8.00. The van der Waals surface area contributed by atoms with Gasteiger partial charge in [0.1, 0.15) is 0 Å². The summed E-state index contributed by atoms with van der Waals surface area (Å²) in [6.45, 7) is 6.52. The normalized spacial score (nSPS) is 10.3. The second-order valence-corrected chi connectivity index (χ2v) is 6.56. The quantitative estimate of drug-likeness (QED) is 0.786. The number of amides is 2. The van der Waals surface area contributed by atoms with Crippen LogP contribution >= 0.6 is 11.8 Å². The summed E-state index contributed by atoms with van der Waals surface area (Å²) in [4.78, 5) is 25.1. The Hall–Kier alpha value is -2.27. The molecule has 0 aliphatic carbocycles. The Balaban J connectivity index is 1.96. The van der Waals surface area contributed by atoms with Gasteiger partial charge in [0, 0.05) is 22.7 Å². The maximum absolute atomic E-state index is 12.2. The van der Waals surface area contributed by atoms with Gasteiger partial charge in [0.25, 0.3) is 5.91 Å². The number of hydrogen-bond donors (Lipinski definition) is 2. The molecule has 2 aromatic rings. The van der Waals surface area contributed by atoms with E-state index in [-0.39, 0.29) is 11.8 Å². The molecule has 126 valence electrons. The van der Waals surface area contributed by atoms with Gasteiger partial charge in [-0.15, -0.1) is 11.8 Å². The second kappa shape index (κ2) is 8.55. The molecule has 0 fully saturated rings. The first-order valence-electron chi connectivity index (χ1n) is 7.87. The second-order valence-electron chi connectivity index (χ2n) is 5.55. The molecule has 2 amide bonds. The number of rotatable bonds is 6. The highest BCUT2D eigenvalue weighted by Gasteiger charge is 2.08. The van der Waals surface area contributed by atoms with Crippen molar-refractivity contribution in [2.45, 2.75) is 25.7 Å². The maximum atomic E-state index is 12.2. The Morgan fingerprint density at radius 2 is 1.88 bits per heavy atom. The number of anilines is 1. The first kappa shape index (κ1) is 18.1. The standard InChI is InChI=1S/C19H22N2O2S/c1-4-20-19(23)15-6-5-7-16(11-15)21-18(22)12-24-17-10-13(2)8-9-14(17)3/h5-11H,4,12H2,1-3H3,(H,20,23)(H,21,22). The van der Waals surface area contributed by atoms with E-state index in [4.69, 9.17) is 0 Å². The molecule has 5 heteroatoms. The topological polar surface area (TPSA) is 58.2 Å². The van der Waals surface area contributed by atoms with Crippen molar-refractivity contribution in [3.63, 3.8) is 0 Å². The SMILES string of the molecule is CCNC(=O)c1cccc(NC(=O)CSc2cc(C)ccc2C)c1. The molecule has 0 aliphatic rings. The van der Waals surface area contributed by atoms with Crippen LogP contribution in [0, 0.1) is 13.8 Å². The zero-order chi connectivity index (χ0) is 17.5. The van der Waals surface area contributed by atoms with E-state index in [1.165, 1.54) is 17.3 Å². The van der Waals surface area contributed by atoms with Gasteiger partial charge in [-0.2, -0.15) is 0 Å². The van der Waals surface area contributed by atoms with Crippen LogP contribution in [0.15, 0.2) is 47.4 Å². The first-order valence-corrected chi connectivity index (χ1v) is 8.86. The fourth-order valence-electron chi connectivity index (χ4n) is 2.20. The smallest absolute Gasteiger partial charge is 0.251 e. The van der Waals surface area contributed by atoms with Gasteiger partial charge in [-0.05, 0) is 50.6 Å². The number of benzene rings is 2. The molecule has 0 spiro atoms. The van der Waals surface area contributed by atoms with Gasteiger partial charge in [-0.25, -0.2) is 0 Å². The van der Waals surface area contributed by atoms with E-state index in [1.807, 2.05) is 20.8 Å². The zero-order valence-corrected chi connectivity index (χ0v) is 15.0. The fourth-order valence-corrected chi connectivity index (χ4v) is 3.13. The molecule has 0 atom stereocenters. The third kappa shape index (κ3) is 5.13. The lowest BCUT2D eigenvalue weighted by atomic mass is 10.2. The number of thioether (sulfide) groups is 1. The zero-order valence-electron chi connectivity index (χ0n) is 14.2. The van der Waals surface area contributed by atoms with E-state index in [2.05, 4.69) is 28.8 Å². The number of carbonyl (C=O) groups excluding carboxylic acids is 2. The van der Waals surface area contributed by atoms with E-state index in [0.717, 1.165) is 10.5 Å². The predicted octanol–water partition coefficient (Wildman–Crippen LogP) is 3.78. The molecule has 0 heterocycles. The molecule has 2 rings (SSSR count). The number of aryl methyl sites for hydroxylation is 2. The molecular weight excluding hydrogens is 320 g/mol. The van der Waals surface area contributed by atoms with Crippen molar-refractivity contribution in [2.24, 2.45) is 0 Å². The number of nitrogens with one attached hydrogen (secondary N) is 2. The van der Waals surface area contributed by atoms with Crippen molar-refractivity contribution in [3.8, 4) is 0 Å². The highest BCUT2D eigenvalue weighted by atomic mass is 32.2. The van der Waals surface area contributed by atoms with Crippen LogP contribution in [0.1, 0.15) is 28.4 Å². The number of hydrogen-bond acceptors (Lipinski definition) is 3. The van der Waals surface area contributed by atoms with E-state index in [0.29, 0.717) is 23.5 Å². The van der Waals surface area contributed by atoms with Crippen LogP contribution in [0.3, 0.4) is 0 Å². The summed E-state index contributed by atoms with van der Waals surface area (Å²) in [5.74, 6) is 0.0997. The van der Waals surface area contributed by atoms with Crippen LogP contribution in [0.5, 0.6) is 0 Å². The van der Waals surface area contributed by atoms with Gasteiger partial charge in [0.2, 0.25) is 5.91 Å². The monoisotopic (exact) mass is 342 g/mol. The molecule has 24 heavy (non-hydrogen) atoms. The summed E-state index contributed by atoms with van der Waals surface area (Å²) in [5, 5.41) is 5.59. The third-order valence-corrected chi connectivity index (χ3v) is 4.61. The largest absolute Gasteiger partial charge is 0.352 e. The summed E-state index contributed by atoms with van der Waals surface area (Å²) >= 11 is 1.52. The summed E-state index contributed by atoms with van der Waals surface area (Å²) in [6, 6.07) is 13.2. The van der Waals surface area contributed by atoms with Gasteiger partial charge < -0.3 is 10.6 Å². The minimum atomic E-state index is -0.140. The average Bonchev–Trinajstić information content (AvgIpc) is 2.56. The van der Waals surface area contributed by atoms with Gasteiger partial charge in [0.15, 0.2) is 0 Å². The summed E-state index contributed by atoms with van der Waals surface area (Å²) < 4.78 is 0. The lowest BCUT2D eigenvalue weighted by molar-refractivity contribution is -0.113. The Morgan fingerprint density at radius 3 is 2.62 bits per heavy atom. The van der Waals surface area contributed by atoms with Crippen LogP contribution in [0.2, 0.25) is 0 Å². The summed E-state index contributed by atoms with van der Waals surface area (Å²) in [7, 11) is 0. The Labute approximate surface area is 147 Å². The Morgan fingerprint density at radius 1 is 1.08 bits per heavy atom. The minimum absolute atomic E-state index is 0.0889. The van der Waals surface area contributed by atoms with Gasteiger partial charge >= 0.3 is 0 Å². The lowest BCUT2D eigenvalue weighted by Gasteiger charge is -2.09. The Bertz CT molecular complexity index is 744. The van der Waals surface area contributed by atoms with Crippen LogP contribution in [-0.2, 0) is 4.79 Å². The molecule has 0 bridgehead atoms. The molecule has 0 radical (unpaired) electrons. The highest BCUT2D eigenvalue weighted by Crippen LogP contribution is 2.23. The molecular formula is C19H22N2O2S. The molecule has 0 aromatic heterocycles. The van der Waals surface area contributed by atoms with Crippen molar-refractivity contribution >= 4 is 29.3 Å². The Kier molecular flexibility index (Phi) is 6.44. The molecule has 0 saturated heterocycles. The van der Waals surface area contributed by atoms with E-state index in [9.17, 15) is 9.59 Å². The molecule has 2 aromatic carbocycles. The van der Waals surface area contributed by atoms with Crippen LogP contribution in [0.25, 0.3) is 0 Å². The summed E-state index contributed by atoms with van der Waals surface area (Å²) in [5.41, 5.74) is 3.51. The minimum Gasteiger partial charge on any atom is -0.352 e. The molecule has 0 aliphatic heterocycles. The van der Waals surface area contributed by atoms with Crippen LogP contribution in [0.4, 0.5) is 5.69 Å². The van der Waals surface area contributed by atoms with Crippen molar-refractivity contribution in [1.29, 1.82) is 0 Å². The van der Waals surface area contributed by atoms with Gasteiger partial charge in [-0.1, -0.05) is 23.8 Å².